The Balaban J connectivity index is 2.63. The largest absolute Gasteiger partial charge is 0.480 e. The summed E-state index contributed by atoms with van der Waals surface area (Å²) in [4.78, 5) is 22.4. The molecule has 0 spiro atoms. The van der Waals surface area contributed by atoms with E-state index >= 15 is 0 Å². The molecule has 2 unspecified atom stereocenters. The number of alkyl carbamates (subject to hydrolysis) is 1. The number of carboxylic acid groups (broad SMARTS) is 1. The van der Waals surface area contributed by atoms with Gasteiger partial charge in [-0.2, -0.15) is 0 Å². The van der Waals surface area contributed by atoms with Gasteiger partial charge >= 0.3 is 12.1 Å². The second-order valence-electron chi connectivity index (χ2n) is 4.10. The highest BCUT2D eigenvalue weighted by atomic mass is 16.5. The SMILES string of the molecule is C=CCOC(=O)NC(C(=O)O)C(O)Cc1ccccc1. The van der Waals surface area contributed by atoms with E-state index in [1.165, 1.54) is 6.08 Å². The number of carbonyl (C=O) groups is 2. The normalized spacial score (nSPS) is 13.1. The van der Waals surface area contributed by atoms with Gasteiger partial charge in [0.1, 0.15) is 6.61 Å². The fraction of sp³-hybridized carbons (Fsp3) is 0.286. The summed E-state index contributed by atoms with van der Waals surface area (Å²) in [5.74, 6) is -1.33. The average molecular weight is 279 g/mol. The first-order valence-corrected chi connectivity index (χ1v) is 6.03. The lowest BCUT2D eigenvalue weighted by molar-refractivity contribution is -0.142. The lowest BCUT2D eigenvalue weighted by atomic mass is 10.0. The lowest BCUT2D eigenvalue weighted by Gasteiger charge is -2.20. The van der Waals surface area contributed by atoms with Gasteiger partial charge in [-0.25, -0.2) is 9.59 Å². The Labute approximate surface area is 116 Å². The zero-order chi connectivity index (χ0) is 15.0. The van der Waals surface area contributed by atoms with Crippen LogP contribution in [0.3, 0.4) is 0 Å². The predicted octanol–water partition coefficient (Wildman–Crippen LogP) is 0.955. The molecule has 0 saturated heterocycles. The third kappa shape index (κ3) is 5.11. The minimum atomic E-state index is -1.44. The molecule has 0 fully saturated rings. The smallest absolute Gasteiger partial charge is 0.408 e. The zero-order valence-corrected chi connectivity index (χ0v) is 10.9. The third-order valence-corrected chi connectivity index (χ3v) is 2.54. The van der Waals surface area contributed by atoms with E-state index in [9.17, 15) is 14.7 Å². The number of carbonyl (C=O) groups excluding carboxylic acids is 1. The summed E-state index contributed by atoms with van der Waals surface area (Å²) in [5, 5.41) is 21.1. The minimum absolute atomic E-state index is 0.0348. The Hall–Kier alpha value is -2.34. The molecule has 0 radical (unpaired) electrons. The predicted molar refractivity (Wildman–Crippen MR) is 72.3 cm³/mol. The van der Waals surface area contributed by atoms with Crippen LogP contribution in [-0.2, 0) is 16.0 Å². The van der Waals surface area contributed by atoms with E-state index < -0.39 is 24.2 Å². The summed E-state index contributed by atoms with van der Waals surface area (Å²) in [6, 6.07) is 7.46. The molecule has 0 bridgehead atoms. The maximum Gasteiger partial charge on any atom is 0.408 e. The second-order valence-corrected chi connectivity index (χ2v) is 4.10. The molecule has 1 aromatic rings. The fourth-order valence-corrected chi connectivity index (χ4v) is 1.60. The van der Waals surface area contributed by atoms with Crippen molar-refractivity contribution in [2.24, 2.45) is 0 Å². The number of aliphatic carboxylic acids is 1. The number of nitrogens with one attached hydrogen (secondary N) is 1. The molecule has 6 nitrogen and oxygen atoms in total. The van der Waals surface area contributed by atoms with Crippen LogP contribution in [0.4, 0.5) is 4.79 Å². The zero-order valence-electron chi connectivity index (χ0n) is 10.9. The summed E-state index contributed by atoms with van der Waals surface area (Å²) >= 11 is 0. The summed E-state index contributed by atoms with van der Waals surface area (Å²) < 4.78 is 4.63. The van der Waals surface area contributed by atoms with Gasteiger partial charge in [0.05, 0.1) is 6.10 Å². The van der Waals surface area contributed by atoms with Crippen LogP contribution in [0.25, 0.3) is 0 Å². The van der Waals surface area contributed by atoms with Crippen molar-refractivity contribution in [2.75, 3.05) is 6.61 Å². The van der Waals surface area contributed by atoms with Gasteiger partial charge in [0.15, 0.2) is 6.04 Å². The Morgan fingerprint density at radius 2 is 2.00 bits per heavy atom. The molecule has 0 aliphatic heterocycles. The number of carboxylic acids is 1. The van der Waals surface area contributed by atoms with Crippen molar-refractivity contribution in [3.8, 4) is 0 Å². The van der Waals surface area contributed by atoms with Crippen LogP contribution in [0.5, 0.6) is 0 Å². The van der Waals surface area contributed by atoms with Crippen molar-refractivity contribution >= 4 is 12.1 Å². The molecular weight excluding hydrogens is 262 g/mol. The van der Waals surface area contributed by atoms with Crippen molar-refractivity contribution in [3.05, 3.63) is 48.6 Å². The Morgan fingerprint density at radius 1 is 1.35 bits per heavy atom. The van der Waals surface area contributed by atoms with Crippen LogP contribution in [0.15, 0.2) is 43.0 Å². The van der Waals surface area contributed by atoms with Crippen molar-refractivity contribution in [1.29, 1.82) is 0 Å². The van der Waals surface area contributed by atoms with Gasteiger partial charge in [0, 0.05) is 6.42 Å². The highest BCUT2D eigenvalue weighted by Gasteiger charge is 2.28. The lowest BCUT2D eigenvalue weighted by Crippen LogP contribution is -2.49. The van der Waals surface area contributed by atoms with Crippen molar-refractivity contribution in [1.82, 2.24) is 5.32 Å². The molecule has 1 rings (SSSR count). The van der Waals surface area contributed by atoms with Gasteiger partial charge in [0.25, 0.3) is 0 Å². The molecule has 3 N–H and O–H groups in total. The van der Waals surface area contributed by atoms with Gasteiger partial charge in [-0.05, 0) is 5.56 Å². The van der Waals surface area contributed by atoms with E-state index in [-0.39, 0.29) is 13.0 Å². The fourth-order valence-electron chi connectivity index (χ4n) is 1.60. The van der Waals surface area contributed by atoms with E-state index in [4.69, 9.17) is 5.11 Å². The van der Waals surface area contributed by atoms with Gasteiger partial charge in [-0.15, -0.1) is 0 Å². The summed E-state index contributed by atoms with van der Waals surface area (Å²) in [6.07, 6.45) is -0.703. The van der Waals surface area contributed by atoms with Crippen molar-refractivity contribution in [3.63, 3.8) is 0 Å². The number of amides is 1. The summed E-state index contributed by atoms with van der Waals surface area (Å²) in [6.45, 7) is 3.33. The van der Waals surface area contributed by atoms with Gasteiger partial charge in [0.2, 0.25) is 0 Å². The highest BCUT2D eigenvalue weighted by Crippen LogP contribution is 2.07. The first kappa shape index (κ1) is 15.7. The quantitative estimate of drug-likeness (QED) is 0.646. The Bertz CT molecular complexity index is 460. The number of hydrogen-bond donors (Lipinski definition) is 3. The number of rotatable bonds is 7. The number of aliphatic hydroxyl groups is 1. The van der Waals surface area contributed by atoms with Gasteiger partial charge in [-0.1, -0.05) is 43.0 Å². The van der Waals surface area contributed by atoms with E-state index in [2.05, 4.69) is 16.6 Å². The number of aliphatic hydroxyl groups excluding tert-OH is 1. The molecule has 0 aliphatic rings. The molecule has 0 heterocycles. The second kappa shape index (κ2) is 7.96. The van der Waals surface area contributed by atoms with Crippen LogP contribution >= 0.6 is 0 Å². The van der Waals surface area contributed by atoms with Crippen LogP contribution in [0.2, 0.25) is 0 Å². The maximum atomic E-state index is 11.3. The van der Waals surface area contributed by atoms with Gasteiger partial charge < -0.3 is 20.3 Å². The third-order valence-electron chi connectivity index (χ3n) is 2.54. The number of benzene rings is 1. The van der Waals surface area contributed by atoms with Crippen LogP contribution in [0, 0.1) is 0 Å². The minimum Gasteiger partial charge on any atom is -0.480 e. The first-order valence-electron chi connectivity index (χ1n) is 6.03. The molecule has 1 amide bonds. The van der Waals surface area contributed by atoms with Crippen molar-refractivity contribution in [2.45, 2.75) is 18.6 Å². The van der Waals surface area contributed by atoms with Gasteiger partial charge in [-0.3, -0.25) is 0 Å². The molecule has 108 valence electrons. The van der Waals surface area contributed by atoms with E-state index in [1.54, 1.807) is 24.3 Å². The van der Waals surface area contributed by atoms with Crippen LogP contribution < -0.4 is 5.32 Å². The Morgan fingerprint density at radius 3 is 2.55 bits per heavy atom. The van der Waals surface area contributed by atoms with E-state index in [0.29, 0.717) is 0 Å². The average Bonchev–Trinajstić information content (AvgIpc) is 2.43. The molecule has 6 heteroatoms. The first-order chi connectivity index (χ1) is 9.54. The standard InChI is InChI=1S/C14H17NO5/c1-2-8-20-14(19)15-12(13(17)18)11(16)9-10-6-4-3-5-7-10/h2-7,11-12,16H,1,8-9H2,(H,15,19)(H,17,18). The summed E-state index contributed by atoms with van der Waals surface area (Å²) in [5.41, 5.74) is 0.771. The molecule has 0 aliphatic carbocycles. The topological polar surface area (TPSA) is 95.9 Å². The molecule has 0 aromatic heterocycles. The number of hydrogen-bond acceptors (Lipinski definition) is 4. The monoisotopic (exact) mass is 279 g/mol. The molecule has 2 atom stereocenters. The van der Waals surface area contributed by atoms with E-state index in [0.717, 1.165) is 5.56 Å². The maximum absolute atomic E-state index is 11.3. The highest BCUT2D eigenvalue weighted by molar-refractivity contribution is 5.80. The molecular formula is C14H17NO5. The van der Waals surface area contributed by atoms with Crippen molar-refractivity contribution < 1.29 is 24.5 Å². The van der Waals surface area contributed by atoms with Crippen LogP contribution in [0.1, 0.15) is 5.56 Å². The van der Waals surface area contributed by atoms with E-state index in [1.807, 2.05) is 6.07 Å². The Kier molecular flexibility index (Phi) is 6.25. The summed E-state index contributed by atoms with van der Waals surface area (Å²) in [7, 11) is 0. The molecule has 20 heavy (non-hydrogen) atoms. The van der Waals surface area contributed by atoms with Crippen LogP contribution in [-0.4, -0.2) is 41.0 Å². The number of ether oxygens (including phenoxy) is 1. The molecule has 0 saturated carbocycles. The molecule has 1 aromatic carbocycles.